The van der Waals surface area contributed by atoms with Crippen molar-refractivity contribution in [3.63, 3.8) is 0 Å². The predicted octanol–water partition coefficient (Wildman–Crippen LogP) is 0.773. The summed E-state index contributed by atoms with van der Waals surface area (Å²) in [6.07, 6.45) is 1.81. The van der Waals surface area contributed by atoms with Gasteiger partial charge in [0.2, 0.25) is 10.0 Å². The molecule has 0 saturated carbocycles. The van der Waals surface area contributed by atoms with Gasteiger partial charge in [-0.2, -0.15) is 0 Å². The molecule has 116 valence electrons. The Balaban J connectivity index is 2.22. The first kappa shape index (κ1) is 15.8. The number of sulfonamides is 1. The van der Waals surface area contributed by atoms with Gasteiger partial charge in [-0.3, -0.25) is 9.10 Å². The number of carbonyl (C=O) groups is 1. The summed E-state index contributed by atoms with van der Waals surface area (Å²) in [6.45, 7) is 2.76. The summed E-state index contributed by atoms with van der Waals surface area (Å²) in [7, 11) is -1.73. The van der Waals surface area contributed by atoms with Crippen LogP contribution in [0.15, 0.2) is 18.2 Å². The third-order valence-electron chi connectivity index (χ3n) is 3.44. The first-order valence-electron chi connectivity index (χ1n) is 6.74. The molecule has 0 aromatic heterocycles. The summed E-state index contributed by atoms with van der Waals surface area (Å²) >= 11 is 0. The number of benzene rings is 1. The number of anilines is 1. The Morgan fingerprint density at radius 2 is 2.19 bits per heavy atom. The minimum Gasteiger partial charge on any atom is -0.383 e. The number of methoxy groups -OCH3 is 1. The summed E-state index contributed by atoms with van der Waals surface area (Å²) < 4.78 is 30.0. The second-order valence-electron chi connectivity index (χ2n) is 5.20. The lowest BCUT2D eigenvalue weighted by molar-refractivity contribution is 0.0937. The molecule has 1 amide bonds. The molecule has 1 aromatic rings. The van der Waals surface area contributed by atoms with Crippen LogP contribution in [0.4, 0.5) is 5.69 Å². The van der Waals surface area contributed by atoms with Gasteiger partial charge in [0.15, 0.2) is 0 Å². The minimum atomic E-state index is -3.30. The number of ether oxygens (including phenoxy) is 1. The second kappa shape index (κ2) is 6.03. The summed E-state index contributed by atoms with van der Waals surface area (Å²) in [5.41, 5.74) is 2.08. The average Bonchev–Trinajstić information content (AvgIpc) is 2.73. The third-order valence-corrected chi connectivity index (χ3v) is 4.71. The standard InChI is InChI=1S/C14H20N2O4S/c1-10-8-12-9-11(14(17)15-6-7-20-2)4-5-13(12)16(10)21(3,18)19/h4-5,9-10H,6-8H2,1-3H3,(H,15,17). The summed E-state index contributed by atoms with van der Waals surface area (Å²) in [5.74, 6) is -0.180. The smallest absolute Gasteiger partial charge is 0.251 e. The van der Waals surface area contributed by atoms with Crippen molar-refractivity contribution >= 4 is 21.6 Å². The molecule has 2 rings (SSSR count). The van der Waals surface area contributed by atoms with Crippen LogP contribution < -0.4 is 9.62 Å². The Morgan fingerprint density at radius 3 is 2.81 bits per heavy atom. The van der Waals surface area contributed by atoms with Crippen molar-refractivity contribution in [3.8, 4) is 0 Å². The fourth-order valence-corrected chi connectivity index (χ4v) is 3.88. The van der Waals surface area contributed by atoms with Crippen LogP contribution in [0.3, 0.4) is 0 Å². The lowest BCUT2D eigenvalue weighted by Gasteiger charge is -2.21. The molecule has 21 heavy (non-hydrogen) atoms. The van der Waals surface area contributed by atoms with Gasteiger partial charge in [-0.05, 0) is 37.1 Å². The van der Waals surface area contributed by atoms with Gasteiger partial charge < -0.3 is 10.1 Å². The van der Waals surface area contributed by atoms with Gasteiger partial charge in [-0.1, -0.05) is 0 Å². The second-order valence-corrected chi connectivity index (χ2v) is 7.06. The van der Waals surface area contributed by atoms with E-state index in [9.17, 15) is 13.2 Å². The first-order valence-corrected chi connectivity index (χ1v) is 8.59. The molecular formula is C14H20N2O4S. The molecule has 1 heterocycles. The maximum absolute atomic E-state index is 12.0. The van der Waals surface area contributed by atoms with Crippen LogP contribution in [0.25, 0.3) is 0 Å². The van der Waals surface area contributed by atoms with E-state index in [0.29, 0.717) is 30.8 Å². The molecule has 0 bridgehead atoms. The molecule has 1 aromatic carbocycles. The lowest BCUT2D eigenvalue weighted by atomic mass is 10.1. The van der Waals surface area contributed by atoms with Gasteiger partial charge in [-0.15, -0.1) is 0 Å². The van der Waals surface area contributed by atoms with Crippen LogP contribution in [-0.4, -0.2) is 46.9 Å². The van der Waals surface area contributed by atoms with E-state index in [2.05, 4.69) is 5.32 Å². The van der Waals surface area contributed by atoms with E-state index in [-0.39, 0.29) is 11.9 Å². The number of nitrogens with one attached hydrogen (secondary N) is 1. The largest absolute Gasteiger partial charge is 0.383 e. The highest BCUT2D eigenvalue weighted by atomic mass is 32.2. The topological polar surface area (TPSA) is 75.7 Å². The number of amides is 1. The van der Waals surface area contributed by atoms with Crippen LogP contribution in [0.1, 0.15) is 22.8 Å². The van der Waals surface area contributed by atoms with Gasteiger partial charge in [-0.25, -0.2) is 8.42 Å². The summed E-state index contributed by atoms with van der Waals surface area (Å²) in [5, 5.41) is 2.75. The van der Waals surface area contributed by atoms with E-state index in [4.69, 9.17) is 4.74 Å². The van der Waals surface area contributed by atoms with Gasteiger partial charge in [0.1, 0.15) is 0 Å². The monoisotopic (exact) mass is 312 g/mol. The zero-order valence-corrected chi connectivity index (χ0v) is 13.2. The Bertz CT molecular complexity index is 642. The molecule has 0 spiro atoms. The molecule has 0 fully saturated rings. The van der Waals surface area contributed by atoms with Crippen LogP contribution >= 0.6 is 0 Å². The highest BCUT2D eigenvalue weighted by Crippen LogP contribution is 2.34. The Labute approximate surface area is 125 Å². The summed E-state index contributed by atoms with van der Waals surface area (Å²) in [6, 6.07) is 4.99. The number of fused-ring (bicyclic) bond motifs is 1. The molecule has 0 aliphatic carbocycles. The van der Waals surface area contributed by atoms with Gasteiger partial charge in [0.05, 0.1) is 18.6 Å². The number of nitrogens with zero attached hydrogens (tertiary/aromatic N) is 1. The quantitative estimate of drug-likeness (QED) is 0.815. The minimum absolute atomic E-state index is 0.123. The molecule has 1 unspecified atom stereocenters. The Morgan fingerprint density at radius 1 is 1.48 bits per heavy atom. The van der Waals surface area contributed by atoms with Gasteiger partial charge in [0, 0.05) is 25.3 Å². The normalized spacial score (nSPS) is 17.7. The Hall–Kier alpha value is -1.60. The van der Waals surface area contributed by atoms with E-state index >= 15 is 0 Å². The van der Waals surface area contributed by atoms with E-state index in [1.54, 1.807) is 25.3 Å². The molecule has 1 atom stereocenters. The molecular weight excluding hydrogens is 292 g/mol. The zero-order chi connectivity index (χ0) is 15.6. The number of carbonyl (C=O) groups excluding carboxylic acids is 1. The van der Waals surface area contributed by atoms with Gasteiger partial charge in [0.25, 0.3) is 5.91 Å². The van der Waals surface area contributed by atoms with Crippen molar-refractivity contribution in [1.29, 1.82) is 0 Å². The predicted molar refractivity (Wildman–Crippen MR) is 81.1 cm³/mol. The maximum atomic E-state index is 12.0. The highest BCUT2D eigenvalue weighted by Gasteiger charge is 2.32. The molecule has 1 N–H and O–H groups in total. The van der Waals surface area contributed by atoms with Crippen molar-refractivity contribution in [2.75, 3.05) is 30.8 Å². The average molecular weight is 312 g/mol. The Kier molecular flexibility index (Phi) is 4.53. The van der Waals surface area contributed by atoms with E-state index in [1.807, 2.05) is 6.92 Å². The van der Waals surface area contributed by atoms with E-state index in [0.717, 1.165) is 5.56 Å². The van der Waals surface area contributed by atoms with Crippen molar-refractivity contribution in [2.45, 2.75) is 19.4 Å². The fourth-order valence-electron chi connectivity index (χ4n) is 2.62. The fraction of sp³-hybridized carbons (Fsp3) is 0.500. The third kappa shape index (κ3) is 3.36. The number of hydrogen-bond donors (Lipinski definition) is 1. The first-order chi connectivity index (χ1) is 9.84. The van der Waals surface area contributed by atoms with E-state index < -0.39 is 10.0 Å². The lowest BCUT2D eigenvalue weighted by Crippen LogP contribution is -2.34. The highest BCUT2D eigenvalue weighted by molar-refractivity contribution is 7.92. The van der Waals surface area contributed by atoms with Gasteiger partial charge >= 0.3 is 0 Å². The molecule has 7 heteroatoms. The summed E-state index contributed by atoms with van der Waals surface area (Å²) in [4.78, 5) is 12.0. The van der Waals surface area contributed by atoms with Crippen LogP contribution in [0, 0.1) is 0 Å². The van der Waals surface area contributed by atoms with E-state index in [1.165, 1.54) is 10.6 Å². The molecule has 0 saturated heterocycles. The van der Waals surface area contributed by atoms with Crippen LogP contribution in [-0.2, 0) is 21.2 Å². The molecule has 1 aliphatic rings. The van der Waals surface area contributed by atoms with Crippen molar-refractivity contribution in [2.24, 2.45) is 0 Å². The van der Waals surface area contributed by atoms with Crippen LogP contribution in [0.5, 0.6) is 0 Å². The molecule has 1 aliphatic heterocycles. The van der Waals surface area contributed by atoms with Crippen LogP contribution in [0.2, 0.25) is 0 Å². The van der Waals surface area contributed by atoms with Crippen molar-refractivity contribution in [1.82, 2.24) is 5.32 Å². The zero-order valence-electron chi connectivity index (χ0n) is 12.4. The number of hydrogen-bond acceptors (Lipinski definition) is 4. The maximum Gasteiger partial charge on any atom is 0.251 e. The SMILES string of the molecule is COCCNC(=O)c1ccc2c(c1)CC(C)N2S(C)(=O)=O. The molecule has 6 nitrogen and oxygen atoms in total. The molecule has 0 radical (unpaired) electrons. The van der Waals surface area contributed by atoms with Crippen molar-refractivity contribution in [3.05, 3.63) is 29.3 Å². The number of rotatable bonds is 5. The van der Waals surface area contributed by atoms with Crippen molar-refractivity contribution < 1.29 is 17.9 Å².